The summed E-state index contributed by atoms with van der Waals surface area (Å²) in [5.41, 5.74) is -0.610. The van der Waals surface area contributed by atoms with Crippen LogP contribution in [0.3, 0.4) is 0 Å². The molecule has 4 nitrogen and oxygen atoms in total. The van der Waals surface area contributed by atoms with E-state index in [0.717, 1.165) is 18.9 Å². The number of carbonyl (C=O) groups excluding carboxylic acids is 1. The zero-order valence-electron chi connectivity index (χ0n) is 14.6. The highest BCUT2D eigenvalue weighted by atomic mass is 16.5. The van der Waals surface area contributed by atoms with Gasteiger partial charge >= 0.3 is 5.97 Å². The fourth-order valence-corrected chi connectivity index (χ4v) is 3.31. The molecule has 0 amide bonds. The molecule has 0 aromatic carbocycles. The number of ether oxygens (including phenoxy) is 1. The second-order valence-corrected chi connectivity index (χ2v) is 6.82. The van der Waals surface area contributed by atoms with E-state index in [4.69, 9.17) is 4.74 Å². The van der Waals surface area contributed by atoms with Crippen molar-refractivity contribution in [2.45, 2.75) is 71.4 Å². The SMILES string of the molecule is CCCNC(C)(CN(C)C1CCCC(C)C1)C(=O)OCC. The number of esters is 1. The Labute approximate surface area is 130 Å². The summed E-state index contributed by atoms with van der Waals surface area (Å²) in [5.74, 6) is 0.665. The van der Waals surface area contributed by atoms with Crippen LogP contribution in [0.5, 0.6) is 0 Å². The van der Waals surface area contributed by atoms with Gasteiger partial charge in [0.15, 0.2) is 0 Å². The first-order valence-corrected chi connectivity index (χ1v) is 8.55. The molecule has 0 bridgehead atoms. The average Bonchev–Trinajstić information content (AvgIpc) is 2.45. The fourth-order valence-electron chi connectivity index (χ4n) is 3.31. The lowest BCUT2D eigenvalue weighted by atomic mass is 9.85. The van der Waals surface area contributed by atoms with Crippen LogP contribution in [0.25, 0.3) is 0 Å². The zero-order chi connectivity index (χ0) is 15.9. The van der Waals surface area contributed by atoms with Gasteiger partial charge in [-0.25, -0.2) is 0 Å². The van der Waals surface area contributed by atoms with Gasteiger partial charge in [0, 0.05) is 12.6 Å². The molecule has 0 saturated heterocycles. The molecule has 0 aromatic heterocycles. The standard InChI is InChI=1S/C17H34N2O2/c1-6-11-18-17(4,16(20)21-7-2)13-19(5)15-10-8-9-14(3)12-15/h14-15,18H,6-13H2,1-5H3. The predicted molar refractivity (Wildman–Crippen MR) is 87.4 cm³/mol. The lowest BCUT2D eigenvalue weighted by molar-refractivity contribution is -0.151. The van der Waals surface area contributed by atoms with E-state index in [1.54, 1.807) is 0 Å². The molecule has 3 atom stereocenters. The van der Waals surface area contributed by atoms with Crippen LogP contribution in [0.1, 0.15) is 59.8 Å². The van der Waals surface area contributed by atoms with Crippen molar-refractivity contribution in [1.29, 1.82) is 0 Å². The van der Waals surface area contributed by atoms with Crippen molar-refractivity contribution in [3.63, 3.8) is 0 Å². The third-order valence-corrected chi connectivity index (χ3v) is 4.59. The molecule has 1 saturated carbocycles. The number of hydrogen-bond donors (Lipinski definition) is 1. The van der Waals surface area contributed by atoms with Crippen LogP contribution in [0.2, 0.25) is 0 Å². The highest BCUT2D eigenvalue weighted by Gasteiger charge is 2.37. The van der Waals surface area contributed by atoms with Gasteiger partial charge < -0.3 is 15.0 Å². The van der Waals surface area contributed by atoms with E-state index in [0.29, 0.717) is 19.2 Å². The van der Waals surface area contributed by atoms with E-state index in [1.165, 1.54) is 25.7 Å². The summed E-state index contributed by atoms with van der Waals surface area (Å²) in [6.07, 6.45) is 6.14. The minimum absolute atomic E-state index is 0.130. The maximum atomic E-state index is 12.3. The molecule has 3 unspecified atom stereocenters. The minimum Gasteiger partial charge on any atom is -0.465 e. The molecular formula is C17H34N2O2. The van der Waals surface area contributed by atoms with Crippen molar-refractivity contribution in [3.05, 3.63) is 0 Å². The quantitative estimate of drug-likeness (QED) is 0.700. The van der Waals surface area contributed by atoms with Crippen LogP contribution < -0.4 is 5.32 Å². The normalized spacial score (nSPS) is 25.6. The Hall–Kier alpha value is -0.610. The van der Waals surface area contributed by atoms with E-state index in [1.807, 2.05) is 13.8 Å². The number of rotatable bonds is 8. The Kier molecular flexibility index (Phi) is 7.67. The van der Waals surface area contributed by atoms with E-state index in [-0.39, 0.29) is 5.97 Å². The fraction of sp³-hybridized carbons (Fsp3) is 0.941. The number of nitrogens with one attached hydrogen (secondary N) is 1. The molecule has 1 fully saturated rings. The molecule has 1 aliphatic carbocycles. The first-order chi connectivity index (χ1) is 9.92. The van der Waals surface area contributed by atoms with Gasteiger partial charge in [0.05, 0.1) is 6.61 Å². The van der Waals surface area contributed by atoms with Crippen LogP contribution in [-0.2, 0) is 9.53 Å². The topological polar surface area (TPSA) is 41.6 Å². The van der Waals surface area contributed by atoms with Crippen molar-refractivity contribution in [2.75, 3.05) is 26.7 Å². The molecule has 0 heterocycles. The molecule has 1 aliphatic rings. The summed E-state index contributed by atoms with van der Waals surface area (Å²) in [7, 11) is 2.15. The van der Waals surface area contributed by atoms with E-state index in [9.17, 15) is 4.79 Å². The number of hydrogen-bond acceptors (Lipinski definition) is 4. The first kappa shape index (κ1) is 18.4. The van der Waals surface area contributed by atoms with Gasteiger partial charge in [-0.3, -0.25) is 4.79 Å². The van der Waals surface area contributed by atoms with Gasteiger partial charge in [0.2, 0.25) is 0 Å². The number of likely N-dealkylation sites (N-methyl/N-ethyl adjacent to an activating group) is 1. The van der Waals surface area contributed by atoms with E-state index >= 15 is 0 Å². The Morgan fingerprint density at radius 3 is 2.67 bits per heavy atom. The van der Waals surface area contributed by atoms with E-state index in [2.05, 4.69) is 31.1 Å². The predicted octanol–water partition coefficient (Wildman–Crippen LogP) is 2.82. The van der Waals surface area contributed by atoms with Crippen molar-refractivity contribution in [3.8, 4) is 0 Å². The third kappa shape index (κ3) is 5.59. The summed E-state index contributed by atoms with van der Waals surface area (Å²) >= 11 is 0. The number of carbonyl (C=O) groups is 1. The molecule has 0 spiro atoms. The van der Waals surface area contributed by atoms with Crippen LogP contribution >= 0.6 is 0 Å². The molecule has 21 heavy (non-hydrogen) atoms. The monoisotopic (exact) mass is 298 g/mol. The largest absolute Gasteiger partial charge is 0.465 e. The summed E-state index contributed by atoms with van der Waals surface area (Å²) < 4.78 is 5.29. The molecule has 1 N–H and O–H groups in total. The maximum Gasteiger partial charge on any atom is 0.327 e. The Bertz CT molecular complexity index is 322. The number of nitrogens with zero attached hydrogens (tertiary/aromatic N) is 1. The molecule has 0 aromatic rings. The van der Waals surface area contributed by atoms with Gasteiger partial charge in [-0.1, -0.05) is 26.7 Å². The van der Waals surface area contributed by atoms with Gasteiger partial charge in [0.25, 0.3) is 0 Å². The van der Waals surface area contributed by atoms with Crippen LogP contribution in [0.4, 0.5) is 0 Å². The summed E-state index contributed by atoms with van der Waals surface area (Å²) in [6.45, 7) is 10.3. The molecular weight excluding hydrogens is 264 g/mol. The first-order valence-electron chi connectivity index (χ1n) is 8.55. The second-order valence-electron chi connectivity index (χ2n) is 6.82. The van der Waals surface area contributed by atoms with Crippen molar-refractivity contribution in [1.82, 2.24) is 10.2 Å². The van der Waals surface area contributed by atoms with Gasteiger partial charge in [0.1, 0.15) is 5.54 Å². The smallest absolute Gasteiger partial charge is 0.327 e. The van der Waals surface area contributed by atoms with Crippen molar-refractivity contribution < 1.29 is 9.53 Å². The summed E-state index contributed by atoms with van der Waals surface area (Å²) in [4.78, 5) is 14.7. The minimum atomic E-state index is -0.610. The zero-order valence-corrected chi connectivity index (χ0v) is 14.6. The summed E-state index contributed by atoms with van der Waals surface area (Å²) in [6, 6.07) is 0.589. The molecule has 124 valence electrons. The van der Waals surface area contributed by atoms with Gasteiger partial charge in [-0.2, -0.15) is 0 Å². The molecule has 0 radical (unpaired) electrons. The Balaban J connectivity index is 2.67. The third-order valence-electron chi connectivity index (χ3n) is 4.59. The Morgan fingerprint density at radius 1 is 1.38 bits per heavy atom. The van der Waals surface area contributed by atoms with Gasteiger partial charge in [-0.15, -0.1) is 0 Å². The molecule has 0 aliphatic heterocycles. The van der Waals surface area contributed by atoms with Crippen LogP contribution in [0.15, 0.2) is 0 Å². The van der Waals surface area contributed by atoms with Crippen LogP contribution in [-0.4, -0.2) is 49.2 Å². The van der Waals surface area contributed by atoms with E-state index < -0.39 is 5.54 Å². The highest BCUT2D eigenvalue weighted by molar-refractivity contribution is 5.80. The lowest BCUT2D eigenvalue weighted by Gasteiger charge is -2.39. The average molecular weight is 298 g/mol. The lowest BCUT2D eigenvalue weighted by Crippen LogP contribution is -2.58. The van der Waals surface area contributed by atoms with Gasteiger partial charge in [-0.05, 0) is 52.6 Å². The highest BCUT2D eigenvalue weighted by Crippen LogP contribution is 2.27. The maximum absolute atomic E-state index is 12.3. The molecule has 1 rings (SSSR count). The Morgan fingerprint density at radius 2 is 2.10 bits per heavy atom. The second kappa shape index (κ2) is 8.74. The summed E-state index contributed by atoms with van der Waals surface area (Å²) in [5, 5.41) is 3.40. The van der Waals surface area contributed by atoms with Crippen molar-refractivity contribution in [2.24, 2.45) is 5.92 Å². The van der Waals surface area contributed by atoms with Crippen LogP contribution in [0, 0.1) is 5.92 Å². The molecule has 4 heteroatoms. The van der Waals surface area contributed by atoms with Crippen molar-refractivity contribution >= 4 is 5.97 Å².